The minimum absolute atomic E-state index is 0.112. The van der Waals surface area contributed by atoms with Crippen LogP contribution in [-0.4, -0.2) is 30.5 Å². The number of carbonyl (C=O) groups is 1. The van der Waals surface area contributed by atoms with E-state index in [0.29, 0.717) is 6.54 Å². The molecule has 2 heterocycles. The highest BCUT2D eigenvalue weighted by Crippen LogP contribution is 2.27. The zero-order valence-corrected chi connectivity index (χ0v) is 14.4. The summed E-state index contributed by atoms with van der Waals surface area (Å²) in [7, 11) is 1.67. The van der Waals surface area contributed by atoms with Crippen LogP contribution in [0.15, 0.2) is 48.5 Å². The number of ether oxygens (including phenoxy) is 1. The van der Waals surface area contributed by atoms with E-state index in [1.165, 1.54) is 11.1 Å². The van der Waals surface area contributed by atoms with E-state index in [9.17, 15) is 4.79 Å². The number of benzene rings is 2. The number of hydrogen-bond acceptors (Lipinski definition) is 4. The summed E-state index contributed by atoms with van der Waals surface area (Å²) in [5.41, 5.74) is 10.2. The predicted molar refractivity (Wildman–Crippen MR) is 96.0 cm³/mol. The minimum Gasteiger partial charge on any atom is -0.497 e. The van der Waals surface area contributed by atoms with Crippen molar-refractivity contribution in [3.63, 3.8) is 0 Å². The third kappa shape index (κ3) is 3.25. The number of hydrazine groups is 1. The van der Waals surface area contributed by atoms with Crippen LogP contribution in [-0.2, 0) is 17.8 Å². The van der Waals surface area contributed by atoms with E-state index in [2.05, 4.69) is 35.1 Å². The van der Waals surface area contributed by atoms with Gasteiger partial charge in [-0.05, 0) is 41.7 Å². The summed E-state index contributed by atoms with van der Waals surface area (Å²) in [6.45, 7) is 1.49. The maximum Gasteiger partial charge on any atom is 0.241 e. The van der Waals surface area contributed by atoms with Crippen LogP contribution < -0.4 is 15.6 Å². The molecule has 1 amide bonds. The minimum atomic E-state index is -0.193. The van der Waals surface area contributed by atoms with Gasteiger partial charge < -0.3 is 9.64 Å². The Morgan fingerprint density at radius 1 is 1.12 bits per heavy atom. The van der Waals surface area contributed by atoms with Gasteiger partial charge in [0.1, 0.15) is 11.8 Å². The van der Waals surface area contributed by atoms with Crippen LogP contribution in [0.25, 0.3) is 0 Å². The molecule has 4 rings (SSSR count). The maximum absolute atomic E-state index is 12.9. The number of fused-ring (bicyclic) bond motifs is 1. The molecule has 130 valence electrons. The predicted octanol–water partition coefficient (Wildman–Crippen LogP) is 2.19. The van der Waals surface area contributed by atoms with Crippen LogP contribution in [0.5, 0.6) is 5.75 Å². The molecule has 0 aromatic heterocycles. The van der Waals surface area contributed by atoms with Crippen LogP contribution in [0.4, 0.5) is 0 Å². The van der Waals surface area contributed by atoms with E-state index in [4.69, 9.17) is 4.74 Å². The number of rotatable bonds is 3. The van der Waals surface area contributed by atoms with Gasteiger partial charge in [0.2, 0.25) is 5.91 Å². The van der Waals surface area contributed by atoms with Crippen molar-refractivity contribution < 1.29 is 9.53 Å². The van der Waals surface area contributed by atoms with Crippen molar-refractivity contribution >= 4 is 5.91 Å². The monoisotopic (exact) mass is 337 g/mol. The Balaban J connectivity index is 1.42. The van der Waals surface area contributed by atoms with Gasteiger partial charge in [-0.15, -0.1) is 0 Å². The molecule has 2 N–H and O–H groups in total. The van der Waals surface area contributed by atoms with Crippen LogP contribution in [0.1, 0.15) is 29.2 Å². The van der Waals surface area contributed by atoms with Crippen LogP contribution in [0, 0.1) is 0 Å². The zero-order chi connectivity index (χ0) is 17.2. The molecule has 2 aliphatic heterocycles. The first-order valence-electron chi connectivity index (χ1n) is 8.75. The maximum atomic E-state index is 12.9. The quantitative estimate of drug-likeness (QED) is 0.901. The normalized spacial score (nSPS) is 22.5. The molecule has 2 aliphatic rings. The molecule has 5 heteroatoms. The summed E-state index contributed by atoms with van der Waals surface area (Å²) in [6.07, 6.45) is 1.67. The molecule has 0 aliphatic carbocycles. The number of amides is 1. The Bertz CT molecular complexity index is 777. The fourth-order valence-corrected chi connectivity index (χ4v) is 3.70. The molecule has 2 unspecified atom stereocenters. The lowest BCUT2D eigenvalue weighted by atomic mass is 9.98. The fourth-order valence-electron chi connectivity index (χ4n) is 3.70. The highest BCUT2D eigenvalue weighted by molar-refractivity contribution is 5.82. The van der Waals surface area contributed by atoms with E-state index in [-0.39, 0.29) is 18.0 Å². The number of nitrogens with one attached hydrogen (secondary N) is 2. The molecule has 0 spiro atoms. The molecule has 0 bridgehead atoms. The van der Waals surface area contributed by atoms with E-state index < -0.39 is 0 Å². The van der Waals surface area contributed by atoms with Gasteiger partial charge in [0.25, 0.3) is 0 Å². The van der Waals surface area contributed by atoms with E-state index in [0.717, 1.165) is 30.7 Å². The van der Waals surface area contributed by atoms with E-state index in [1.54, 1.807) is 7.11 Å². The highest BCUT2D eigenvalue weighted by Gasteiger charge is 2.34. The lowest BCUT2D eigenvalue weighted by molar-refractivity contribution is -0.134. The third-order valence-corrected chi connectivity index (χ3v) is 5.14. The largest absolute Gasteiger partial charge is 0.497 e. The lowest BCUT2D eigenvalue weighted by Crippen LogP contribution is -2.47. The SMILES string of the molecule is COc1cccc(C2CC(C(=O)N3CCc4ccccc4C3)NN2)c1. The Labute approximate surface area is 148 Å². The van der Waals surface area contributed by atoms with E-state index >= 15 is 0 Å². The summed E-state index contributed by atoms with van der Waals surface area (Å²) in [4.78, 5) is 14.9. The van der Waals surface area contributed by atoms with Crippen molar-refractivity contribution in [3.8, 4) is 5.75 Å². The van der Waals surface area contributed by atoms with Gasteiger partial charge in [-0.3, -0.25) is 4.79 Å². The molecule has 1 fully saturated rings. The fraction of sp³-hybridized carbons (Fsp3) is 0.350. The molecular formula is C20H23N3O2. The molecule has 1 saturated heterocycles. The molecule has 2 aromatic carbocycles. The number of carbonyl (C=O) groups excluding carboxylic acids is 1. The first kappa shape index (κ1) is 16.1. The number of methoxy groups -OCH3 is 1. The molecular weight excluding hydrogens is 314 g/mol. The van der Waals surface area contributed by atoms with Crippen LogP contribution in [0.2, 0.25) is 0 Å². The third-order valence-electron chi connectivity index (χ3n) is 5.14. The standard InChI is InChI=1S/C20H23N3O2/c1-25-17-8-4-7-15(11-17)18-12-19(22-21-18)20(24)23-10-9-14-5-2-3-6-16(14)13-23/h2-8,11,18-19,21-22H,9-10,12-13H2,1H3. The molecule has 0 saturated carbocycles. The van der Waals surface area contributed by atoms with Gasteiger partial charge in [-0.2, -0.15) is 0 Å². The number of nitrogens with zero attached hydrogens (tertiary/aromatic N) is 1. The Morgan fingerprint density at radius 3 is 2.80 bits per heavy atom. The average Bonchev–Trinajstić information content (AvgIpc) is 3.17. The lowest BCUT2D eigenvalue weighted by Gasteiger charge is -2.30. The molecule has 2 atom stereocenters. The van der Waals surface area contributed by atoms with Crippen molar-refractivity contribution in [1.82, 2.24) is 15.8 Å². The Hall–Kier alpha value is -2.37. The van der Waals surface area contributed by atoms with Gasteiger partial charge in [0.15, 0.2) is 0 Å². The van der Waals surface area contributed by atoms with Gasteiger partial charge in [-0.1, -0.05) is 36.4 Å². The van der Waals surface area contributed by atoms with Gasteiger partial charge >= 0.3 is 0 Å². The van der Waals surface area contributed by atoms with Gasteiger partial charge in [0, 0.05) is 19.1 Å². The average molecular weight is 337 g/mol. The van der Waals surface area contributed by atoms with Crippen molar-refractivity contribution in [2.75, 3.05) is 13.7 Å². The molecule has 25 heavy (non-hydrogen) atoms. The summed E-state index contributed by atoms with van der Waals surface area (Å²) in [5.74, 6) is 1.01. The van der Waals surface area contributed by atoms with Crippen molar-refractivity contribution in [1.29, 1.82) is 0 Å². The topological polar surface area (TPSA) is 53.6 Å². The molecule has 0 radical (unpaired) electrons. The second-order valence-electron chi connectivity index (χ2n) is 6.68. The van der Waals surface area contributed by atoms with Gasteiger partial charge in [-0.25, -0.2) is 10.9 Å². The second-order valence-corrected chi connectivity index (χ2v) is 6.68. The zero-order valence-electron chi connectivity index (χ0n) is 14.4. The van der Waals surface area contributed by atoms with Crippen LogP contribution in [0.3, 0.4) is 0 Å². The first-order chi connectivity index (χ1) is 12.2. The van der Waals surface area contributed by atoms with Crippen LogP contribution >= 0.6 is 0 Å². The molecule has 5 nitrogen and oxygen atoms in total. The number of hydrogen-bond donors (Lipinski definition) is 2. The first-order valence-corrected chi connectivity index (χ1v) is 8.75. The van der Waals surface area contributed by atoms with Gasteiger partial charge in [0.05, 0.1) is 7.11 Å². The highest BCUT2D eigenvalue weighted by atomic mass is 16.5. The summed E-state index contributed by atoms with van der Waals surface area (Å²) in [6, 6.07) is 16.3. The Kier molecular flexibility index (Phi) is 4.42. The van der Waals surface area contributed by atoms with Crippen molar-refractivity contribution in [2.24, 2.45) is 0 Å². The summed E-state index contributed by atoms with van der Waals surface area (Å²) < 4.78 is 5.29. The molecule has 2 aromatic rings. The van der Waals surface area contributed by atoms with E-state index in [1.807, 2.05) is 29.2 Å². The second kappa shape index (κ2) is 6.86. The smallest absolute Gasteiger partial charge is 0.241 e. The van der Waals surface area contributed by atoms with Crippen molar-refractivity contribution in [3.05, 3.63) is 65.2 Å². The summed E-state index contributed by atoms with van der Waals surface area (Å²) >= 11 is 0. The summed E-state index contributed by atoms with van der Waals surface area (Å²) in [5, 5.41) is 0. The van der Waals surface area contributed by atoms with Crippen molar-refractivity contribution in [2.45, 2.75) is 31.5 Å². The Morgan fingerprint density at radius 2 is 1.96 bits per heavy atom.